The zero-order valence-electron chi connectivity index (χ0n) is 17.6. The molecule has 0 radical (unpaired) electrons. The first-order chi connectivity index (χ1) is 14.2. The van der Waals surface area contributed by atoms with Crippen molar-refractivity contribution < 1.29 is 9.47 Å². The monoisotopic (exact) mass is 416 g/mol. The molecule has 158 valence electrons. The number of benzene rings is 1. The minimum atomic E-state index is 0.247. The van der Waals surface area contributed by atoms with Gasteiger partial charge in [0.15, 0.2) is 5.96 Å². The topological polar surface area (TPSA) is 58.1 Å². The number of nitrogens with zero attached hydrogens (tertiary/aromatic N) is 2. The summed E-state index contributed by atoms with van der Waals surface area (Å²) in [5.74, 6) is 1.73. The van der Waals surface area contributed by atoms with E-state index in [4.69, 9.17) is 14.5 Å². The van der Waals surface area contributed by atoms with Crippen LogP contribution in [0.5, 0.6) is 5.75 Å². The number of hydrogen-bond acceptors (Lipinski definition) is 5. The van der Waals surface area contributed by atoms with Crippen LogP contribution in [0.4, 0.5) is 0 Å². The molecule has 2 heterocycles. The van der Waals surface area contributed by atoms with Gasteiger partial charge in [0, 0.05) is 31.1 Å². The Morgan fingerprint density at radius 1 is 1.21 bits per heavy atom. The fourth-order valence-electron chi connectivity index (χ4n) is 3.43. The molecule has 0 bridgehead atoms. The smallest absolute Gasteiger partial charge is 0.191 e. The Morgan fingerprint density at radius 2 is 1.97 bits per heavy atom. The minimum Gasteiger partial charge on any atom is -0.497 e. The van der Waals surface area contributed by atoms with Crippen LogP contribution in [0.25, 0.3) is 0 Å². The molecule has 1 aromatic heterocycles. The highest BCUT2D eigenvalue weighted by atomic mass is 32.1. The van der Waals surface area contributed by atoms with Gasteiger partial charge in [-0.1, -0.05) is 12.1 Å². The molecule has 1 aliphatic heterocycles. The van der Waals surface area contributed by atoms with Crippen LogP contribution in [-0.2, 0) is 11.3 Å². The number of rotatable bonds is 8. The van der Waals surface area contributed by atoms with Crippen molar-refractivity contribution in [3.05, 3.63) is 51.7 Å². The van der Waals surface area contributed by atoms with E-state index in [-0.39, 0.29) is 6.04 Å². The summed E-state index contributed by atoms with van der Waals surface area (Å²) in [6, 6.07) is 10.8. The average molecular weight is 417 g/mol. The third-order valence-corrected chi connectivity index (χ3v) is 6.15. The number of hydrogen-bond donors (Lipinski definition) is 2. The van der Waals surface area contributed by atoms with E-state index < -0.39 is 0 Å². The zero-order chi connectivity index (χ0) is 20.5. The van der Waals surface area contributed by atoms with E-state index in [0.29, 0.717) is 6.54 Å². The second-order valence-electron chi connectivity index (χ2n) is 7.04. The maximum Gasteiger partial charge on any atom is 0.191 e. The second kappa shape index (κ2) is 11.2. The molecule has 1 fully saturated rings. The van der Waals surface area contributed by atoms with E-state index in [2.05, 4.69) is 53.0 Å². The first-order valence-corrected chi connectivity index (χ1v) is 11.1. The number of aliphatic imine (C=N–C) groups is 1. The lowest BCUT2D eigenvalue weighted by Crippen LogP contribution is -2.46. The zero-order valence-corrected chi connectivity index (χ0v) is 18.4. The third-order valence-electron chi connectivity index (χ3n) is 5.14. The van der Waals surface area contributed by atoms with E-state index >= 15 is 0 Å². The fourth-order valence-corrected chi connectivity index (χ4v) is 4.25. The SMILES string of the molecule is CCNC(=NCc1sccc1C)NCC(c1ccc(OC)cc1)N1CCOCC1. The lowest BCUT2D eigenvalue weighted by atomic mass is 10.0. The van der Waals surface area contributed by atoms with Crippen LogP contribution in [0, 0.1) is 6.92 Å². The molecule has 7 heteroatoms. The summed E-state index contributed by atoms with van der Waals surface area (Å²) in [5, 5.41) is 9.05. The molecule has 0 saturated carbocycles. The van der Waals surface area contributed by atoms with Crippen molar-refractivity contribution in [2.75, 3.05) is 46.5 Å². The highest BCUT2D eigenvalue weighted by molar-refractivity contribution is 7.10. The Balaban J connectivity index is 1.71. The Labute approximate surface area is 177 Å². The summed E-state index contributed by atoms with van der Waals surface area (Å²) in [7, 11) is 1.70. The standard InChI is InChI=1S/C22H32N4O2S/c1-4-23-22(25-16-21-17(2)9-14-29-21)24-15-20(26-10-12-28-13-11-26)18-5-7-19(27-3)8-6-18/h5-9,14,20H,4,10-13,15-16H2,1-3H3,(H2,23,24,25). The van der Waals surface area contributed by atoms with Gasteiger partial charge < -0.3 is 20.1 Å². The summed E-state index contributed by atoms with van der Waals surface area (Å²) in [4.78, 5) is 8.58. The minimum absolute atomic E-state index is 0.247. The van der Waals surface area contributed by atoms with Crippen molar-refractivity contribution in [3.8, 4) is 5.75 Å². The normalized spacial score (nSPS) is 16.4. The second-order valence-corrected chi connectivity index (χ2v) is 8.04. The number of aryl methyl sites for hydroxylation is 1. The number of methoxy groups -OCH3 is 1. The van der Waals surface area contributed by atoms with E-state index in [1.807, 2.05) is 12.1 Å². The van der Waals surface area contributed by atoms with Crippen LogP contribution in [-0.4, -0.2) is 57.4 Å². The van der Waals surface area contributed by atoms with Gasteiger partial charge in [0.25, 0.3) is 0 Å². The van der Waals surface area contributed by atoms with Crippen LogP contribution in [0.3, 0.4) is 0 Å². The van der Waals surface area contributed by atoms with E-state index in [9.17, 15) is 0 Å². The van der Waals surface area contributed by atoms with Crippen molar-refractivity contribution in [1.29, 1.82) is 0 Å². The highest BCUT2D eigenvalue weighted by Gasteiger charge is 2.23. The van der Waals surface area contributed by atoms with Gasteiger partial charge in [-0.2, -0.15) is 0 Å². The summed E-state index contributed by atoms with van der Waals surface area (Å²) in [6.07, 6.45) is 0. The van der Waals surface area contributed by atoms with Crippen molar-refractivity contribution in [1.82, 2.24) is 15.5 Å². The first-order valence-electron chi connectivity index (χ1n) is 10.2. The van der Waals surface area contributed by atoms with Gasteiger partial charge in [0.1, 0.15) is 5.75 Å². The van der Waals surface area contributed by atoms with Gasteiger partial charge in [-0.3, -0.25) is 4.90 Å². The van der Waals surface area contributed by atoms with Gasteiger partial charge in [0.2, 0.25) is 0 Å². The van der Waals surface area contributed by atoms with Crippen LogP contribution in [0.1, 0.15) is 29.0 Å². The molecular weight excluding hydrogens is 384 g/mol. The number of guanidine groups is 1. The molecule has 1 unspecified atom stereocenters. The number of morpholine rings is 1. The van der Waals surface area contributed by atoms with E-state index in [1.54, 1.807) is 18.4 Å². The summed E-state index contributed by atoms with van der Waals surface area (Å²) >= 11 is 1.76. The van der Waals surface area contributed by atoms with Crippen LogP contribution >= 0.6 is 11.3 Å². The Bertz CT molecular complexity index is 769. The molecule has 6 nitrogen and oxygen atoms in total. The summed E-state index contributed by atoms with van der Waals surface area (Å²) in [5.41, 5.74) is 2.57. The van der Waals surface area contributed by atoms with Gasteiger partial charge in [-0.25, -0.2) is 4.99 Å². The van der Waals surface area contributed by atoms with Gasteiger partial charge in [-0.05, 0) is 48.6 Å². The van der Waals surface area contributed by atoms with Crippen LogP contribution < -0.4 is 15.4 Å². The summed E-state index contributed by atoms with van der Waals surface area (Å²) in [6.45, 7) is 9.96. The molecule has 29 heavy (non-hydrogen) atoms. The van der Waals surface area contributed by atoms with Gasteiger partial charge >= 0.3 is 0 Å². The molecule has 0 spiro atoms. The van der Waals surface area contributed by atoms with Crippen LogP contribution in [0.15, 0.2) is 40.7 Å². The molecule has 0 amide bonds. The number of ether oxygens (including phenoxy) is 2. The van der Waals surface area contributed by atoms with Crippen LogP contribution in [0.2, 0.25) is 0 Å². The predicted molar refractivity (Wildman–Crippen MR) is 120 cm³/mol. The van der Waals surface area contributed by atoms with Gasteiger partial charge in [0.05, 0.1) is 32.9 Å². The Kier molecular flexibility index (Phi) is 8.34. The van der Waals surface area contributed by atoms with E-state index in [1.165, 1.54) is 16.0 Å². The van der Waals surface area contributed by atoms with Crippen molar-refractivity contribution in [3.63, 3.8) is 0 Å². The predicted octanol–water partition coefficient (Wildman–Crippen LogP) is 3.19. The lowest BCUT2D eigenvalue weighted by molar-refractivity contribution is 0.0170. The lowest BCUT2D eigenvalue weighted by Gasteiger charge is -2.35. The Hall–Kier alpha value is -2.09. The van der Waals surface area contributed by atoms with Gasteiger partial charge in [-0.15, -0.1) is 11.3 Å². The molecular formula is C22H32N4O2S. The number of nitrogens with one attached hydrogen (secondary N) is 2. The maximum atomic E-state index is 5.56. The molecule has 1 aliphatic rings. The molecule has 1 saturated heterocycles. The maximum absolute atomic E-state index is 5.56. The largest absolute Gasteiger partial charge is 0.497 e. The fraction of sp³-hybridized carbons (Fsp3) is 0.500. The average Bonchev–Trinajstić information content (AvgIpc) is 3.18. The quantitative estimate of drug-likeness (QED) is 0.511. The third kappa shape index (κ3) is 6.19. The van der Waals surface area contributed by atoms with E-state index in [0.717, 1.165) is 51.1 Å². The highest BCUT2D eigenvalue weighted by Crippen LogP contribution is 2.23. The first kappa shape index (κ1) is 21.6. The van der Waals surface area contributed by atoms with Crippen molar-refractivity contribution in [2.45, 2.75) is 26.4 Å². The molecule has 2 aromatic rings. The Morgan fingerprint density at radius 3 is 2.59 bits per heavy atom. The van der Waals surface area contributed by atoms with Crippen molar-refractivity contribution >= 4 is 17.3 Å². The van der Waals surface area contributed by atoms with Crippen molar-refractivity contribution in [2.24, 2.45) is 4.99 Å². The molecule has 3 rings (SSSR count). The number of thiophene rings is 1. The molecule has 1 aromatic carbocycles. The summed E-state index contributed by atoms with van der Waals surface area (Å²) < 4.78 is 10.9. The molecule has 0 aliphatic carbocycles. The molecule has 2 N–H and O–H groups in total. The molecule has 1 atom stereocenters.